The Morgan fingerprint density at radius 3 is 2.90 bits per heavy atom. The minimum absolute atomic E-state index is 0.837. The molecule has 1 N–H and O–H groups in total. The molecule has 0 aliphatic carbocycles. The minimum atomic E-state index is 0.837. The van der Waals surface area contributed by atoms with Gasteiger partial charge < -0.3 is 4.57 Å². The van der Waals surface area contributed by atoms with E-state index in [9.17, 15) is 0 Å². The molecule has 4 aromatic rings. The monoisotopic (exact) mass is 264 g/mol. The van der Waals surface area contributed by atoms with Crippen molar-refractivity contribution in [2.75, 3.05) is 0 Å². The standard InChI is InChI=1S/C14H12N6/c1-19-9-16-11-3-2-10(8-13(11)19)20-7-6-15-14(20)12-4-5-17-18-12/h2-9H,1H3,(H,17,18). The van der Waals surface area contributed by atoms with Gasteiger partial charge in [0.05, 0.1) is 17.4 Å². The molecular formula is C14H12N6. The fourth-order valence-corrected chi connectivity index (χ4v) is 2.36. The van der Waals surface area contributed by atoms with Crippen LogP contribution in [0.1, 0.15) is 0 Å². The third-order valence-corrected chi connectivity index (χ3v) is 3.37. The molecular weight excluding hydrogens is 252 g/mol. The van der Waals surface area contributed by atoms with Crippen LogP contribution >= 0.6 is 0 Å². The summed E-state index contributed by atoms with van der Waals surface area (Å²) in [5.41, 5.74) is 4.01. The van der Waals surface area contributed by atoms with Gasteiger partial charge >= 0.3 is 0 Å². The lowest BCUT2D eigenvalue weighted by atomic mass is 10.2. The minimum Gasteiger partial charge on any atom is -0.334 e. The number of aromatic nitrogens is 6. The number of aryl methyl sites for hydroxylation is 1. The van der Waals surface area contributed by atoms with E-state index in [1.165, 1.54) is 0 Å². The highest BCUT2D eigenvalue weighted by Crippen LogP contribution is 2.22. The van der Waals surface area contributed by atoms with Crippen molar-refractivity contribution in [2.24, 2.45) is 7.05 Å². The van der Waals surface area contributed by atoms with Crippen molar-refractivity contribution in [3.05, 3.63) is 49.2 Å². The van der Waals surface area contributed by atoms with Crippen molar-refractivity contribution in [1.29, 1.82) is 0 Å². The Balaban J connectivity index is 1.91. The van der Waals surface area contributed by atoms with Crippen LogP contribution in [0.15, 0.2) is 49.2 Å². The number of hydrogen-bond donors (Lipinski definition) is 1. The van der Waals surface area contributed by atoms with Crippen molar-refractivity contribution in [1.82, 2.24) is 29.3 Å². The number of nitrogens with one attached hydrogen (secondary N) is 1. The van der Waals surface area contributed by atoms with Crippen molar-refractivity contribution in [3.63, 3.8) is 0 Å². The first-order valence-corrected chi connectivity index (χ1v) is 6.27. The molecule has 0 unspecified atom stereocenters. The maximum Gasteiger partial charge on any atom is 0.162 e. The van der Waals surface area contributed by atoms with Gasteiger partial charge in [-0.3, -0.25) is 9.67 Å². The molecule has 0 aliphatic rings. The Morgan fingerprint density at radius 2 is 2.05 bits per heavy atom. The predicted octanol–water partition coefficient (Wildman–Crippen LogP) is 2.15. The molecule has 0 fully saturated rings. The Kier molecular flexibility index (Phi) is 2.23. The normalized spacial score (nSPS) is 11.2. The van der Waals surface area contributed by atoms with Gasteiger partial charge in [-0.15, -0.1) is 0 Å². The first kappa shape index (κ1) is 11.0. The molecule has 4 rings (SSSR count). The summed E-state index contributed by atoms with van der Waals surface area (Å²) in [6.07, 6.45) is 7.26. The quantitative estimate of drug-likeness (QED) is 0.603. The SMILES string of the molecule is Cn1cnc2ccc(-n3ccnc3-c3ccn[nH]3)cc21. The molecule has 0 radical (unpaired) electrons. The molecule has 0 aliphatic heterocycles. The van der Waals surface area contributed by atoms with E-state index in [1.807, 2.05) is 46.9 Å². The summed E-state index contributed by atoms with van der Waals surface area (Å²) < 4.78 is 4.03. The lowest BCUT2D eigenvalue weighted by molar-refractivity contribution is 0.945. The van der Waals surface area contributed by atoms with E-state index in [0.717, 1.165) is 28.2 Å². The van der Waals surface area contributed by atoms with Crippen molar-refractivity contribution in [2.45, 2.75) is 0 Å². The second-order valence-corrected chi connectivity index (χ2v) is 4.62. The topological polar surface area (TPSA) is 64.3 Å². The molecule has 0 amide bonds. The van der Waals surface area contributed by atoms with Gasteiger partial charge in [0.2, 0.25) is 0 Å². The van der Waals surface area contributed by atoms with Gasteiger partial charge in [0, 0.05) is 31.3 Å². The Hall–Kier alpha value is -2.89. The van der Waals surface area contributed by atoms with Crippen molar-refractivity contribution in [3.8, 4) is 17.2 Å². The third-order valence-electron chi connectivity index (χ3n) is 3.37. The summed E-state index contributed by atoms with van der Waals surface area (Å²) >= 11 is 0. The van der Waals surface area contributed by atoms with Gasteiger partial charge in [-0.1, -0.05) is 0 Å². The number of imidazole rings is 2. The molecule has 0 spiro atoms. The van der Waals surface area contributed by atoms with E-state index >= 15 is 0 Å². The van der Waals surface area contributed by atoms with Crippen LogP contribution in [0.5, 0.6) is 0 Å². The number of nitrogens with zero attached hydrogens (tertiary/aromatic N) is 5. The van der Waals surface area contributed by atoms with Gasteiger partial charge in [-0.2, -0.15) is 5.10 Å². The molecule has 6 nitrogen and oxygen atoms in total. The number of H-pyrrole nitrogens is 1. The van der Waals surface area contributed by atoms with Crippen LogP contribution in [-0.2, 0) is 7.05 Å². The van der Waals surface area contributed by atoms with Crippen molar-refractivity contribution < 1.29 is 0 Å². The molecule has 0 atom stereocenters. The molecule has 0 bridgehead atoms. The van der Waals surface area contributed by atoms with E-state index in [-0.39, 0.29) is 0 Å². The van der Waals surface area contributed by atoms with E-state index in [4.69, 9.17) is 0 Å². The van der Waals surface area contributed by atoms with Crippen LogP contribution in [0, 0.1) is 0 Å². The fourth-order valence-electron chi connectivity index (χ4n) is 2.36. The van der Waals surface area contributed by atoms with Crippen LogP contribution in [-0.4, -0.2) is 29.3 Å². The summed E-state index contributed by atoms with van der Waals surface area (Å²) in [4.78, 5) is 8.73. The highest BCUT2D eigenvalue weighted by molar-refractivity contribution is 5.78. The van der Waals surface area contributed by atoms with Gasteiger partial charge in [0.25, 0.3) is 0 Å². The molecule has 98 valence electrons. The number of aromatic amines is 1. The molecule has 0 saturated carbocycles. The molecule has 20 heavy (non-hydrogen) atoms. The van der Waals surface area contributed by atoms with Gasteiger partial charge in [0.15, 0.2) is 5.82 Å². The molecule has 6 heteroatoms. The zero-order valence-corrected chi connectivity index (χ0v) is 10.9. The lowest BCUT2D eigenvalue weighted by Gasteiger charge is -2.07. The fraction of sp³-hybridized carbons (Fsp3) is 0.0714. The lowest BCUT2D eigenvalue weighted by Crippen LogP contribution is -1.97. The zero-order chi connectivity index (χ0) is 13.5. The van der Waals surface area contributed by atoms with Crippen LogP contribution in [0.25, 0.3) is 28.2 Å². The Bertz CT molecular complexity index is 868. The molecule has 1 aromatic carbocycles. The Morgan fingerprint density at radius 1 is 1.10 bits per heavy atom. The van der Waals surface area contributed by atoms with Crippen LogP contribution < -0.4 is 0 Å². The third kappa shape index (κ3) is 1.55. The number of rotatable bonds is 2. The average molecular weight is 264 g/mol. The largest absolute Gasteiger partial charge is 0.334 e. The summed E-state index contributed by atoms with van der Waals surface area (Å²) in [5.74, 6) is 0.837. The summed E-state index contributed by atoms with van der Waals surface area (Å²) in [6.45, 7) is 0. The second-order valence-electron chi connectivity index (χ2n) is 4.62. The average Bonchev–Trinajstić information content (AvgIpc) is 3.18. The maximum atomic E-state index is 4.39. The van der Waals surface area contributed by atoms with Crippen LogP contribution in [0.2, 0.25) is 0 Å². The number of hydrogen-bond acceptors (Lipinski definition) is 3. The maximum absolute atomic E-state index is 4.39. The van der Waals surface area contributed by atoms with Crippen LogP contribution in [0.3, 0.4) is 0 Å². The first-order valence-electron chi connectivity index (χ1n) is 6.27. The summed E-state index contributed by atoms with van der Waals surface area (Å²) in [6, 6.07) is 8.06. The van der Waals surface area contributed by atoms with Gasteiger partial charge in [-0.25, -0.2) is 9.97 Å². The van der Waals surface area contributed by atoms with Crippen LogP contribution in [0.4, 0.5) is 0 Å². The van der Waals surface area contributed by atoms with E-state index in [1.54, 1.807) is 12.4 Å². The van der Waals surface area contributed by atoms with Gasteiger partial charge in [-0.05, 0) is 24.3 Å². The highest BCUT2D eigenvalue weighted by Gasteiger charge is 2.10. The summed E-state index contributed by atoms with van der Waals surface area (Å²) in [7, 11) is 1.99. The van der Waals surface area contributed by atoms with E-state index in [0.29, 0.717) is 0 Å². The molecule has 3 aromatic heterocycles. The predicted molar refractivity (Wildman–Crippen MR) is 75.4 cm³/mol. The number of benzene rings is 1. The molecule has 3 heterocycles. The van der Waals surface area contributed by atoms with E-state index < -0.39 is 0 Å². The van der Waals surface area contributed by atoms with E-state index in [2.05, 4.69) is 26.2 Å². The smallest absolute Gasteiger partial charge is 0.162 e. The number of fused-ring (bicyclic) bond motifs is 1. The second kappa shape index (κ2) is 4.06. The first-order chi connectivity index (χ1) is 9.83. The Labute approximate surface area is 114 Å². The summed E-state index contributed by atoms with van der Waals surface area (Å²) in [5, 5.41) is 6.92. The zero-order valence-electron chi connectivity index (χ0n) is 10.9. The van der Waals surface area contributed by atoms with Crippen molar-refractivity contribution >= 4 is 11.0 Å². The molecule has 0 saturated heterocycles. The van der Waals surface area contributed by atoms with Gasteiger partial charge in [0.1, 0.15) is 5.69 Å². The highest BCUT2D eigenvalue weighted by atomic mass is 15.2.